The first kappa shape index (κ1) is 19.9. The monoisotopic (exact) mass is 396 g/mol. The van der Waals surface area contributed by atoms with E-state index in [4.69, 9.17) is 16.3 Å². The highest BCUT2D eigenvalue weighted by molar-refractivity contribution is 6.31. The molecule has 7 heteroatoms. The third-order valence-corrected chi connectivity index (χ3v) is 5.68. The number of ether oxygens (including phenoxy) is 1. The lowest BCUT2D eigenvalue weighted by atomic mass is 9.93. The van der Waals surface area contributed by atoms with E-state index in [0.717, 1.165) is 19.3 Å². The van der Waals surface area contributed by atoms with Crippen LogP contribution in [0, 0.1) is 17.7 Å². The zero-order valence-electron chi connectivity index (χ0n) is 16.2. The van der Waals surface area contributed by atoms with Crippen LogP contribution in [0.1, 0.15) is 40.0 Å². The van der Waals surface area contributed by atoms with Crippen molar-refractivity contribution in [1.29, 1.82) is 0 Å². The van der Waals surface area contributed by atoms with Crippen LogP contribution in [-0.4, -0.2) is 42.1 Å². The summed E-state index contributed by atoms with van der Waals surface area (Å²) >= 11 is 5.87. The van der Waals surface area contributed by atoms with Crippen molar-refractivity contribution in [3.63, 3.8) is 0 Å². The van der Waals surface area contributed by atoms with Crippen molar-refractivity contribution in [1.82, 2.24) is 4.90 Å². The molecule has 3 atom stereocenters. The number of likely N-dealkylation sites (tertiary alicyclic amines) is 1. The second-order valence-electron chi connectivity index (χ2n) is 8.43. The third-order valence-electron chi connectivity index (χ3n) is 5.39. The Kier molecular flexibility index (Phi) is 5.39. The van der Waals surface area contributed by atoms with Crippen LogP contribution in [0.15, 0.2) is 18.2 Å². The van der Waals surface area contributed by atoms with Gasteiger partial charge in [0, 0.05) is 19.3 Å². The van der Waals surface area contributed by atoms with E-state index in [-0.39, 0.29) is 16.8 Å². The van der Waals surface area contributed by atoms with Gasteiger partial charge < -0.3 is 9.64 Å². The van der Waals surface area contributed by atoms with Gasteiger partial charge in [-0.15, -0.1) is 0 Å². The molecular weight excluding hydrogens is 371 g/mol. The number of likely N-dealkylation sites (N-methyl/N-ethyl adjacent to an activating group) is 1. The van der Waals surface area contributed by atoms with E-state index in [0.29, 0.717) is 18.2 Å². The molecule has 2 fully saturated rings. The SMILES string of the molecule is CN(C(=O)C1C2CCCC2CN1C(=O)OC(C)(C)C)c1ccc(F)c(Cl)c1. The van der Waals surface area contributed by atoms with Crippen LogP contribution in [0.25, 0.3) is 0 Å². The lowest BCUT2D eigenvalue weighted by molar-refractivity contribution is -0.123. The molecule has 1 aromatic rings. The largest absolute Gasteiger partial charge is 0.444 e. The molecule has 0 radical (unpaired) electrons. The molecule has 1 aliphatic carbocycles. The standard InChI is InChI=1S/C20H26ClFN2O3/c1-20(2,3)27-19(26)24-11-12-6-5-7-14(12)17(24)18(25)23(4)13-8-9-16(22)15(21)10-13/h8-10,12,14,17H,5-7,11H2,1-4H3. The minimum absolute atomic E-state index is 0.0405. The first-order chi connectivity index (χ1) is 12.6. The minimum atomic E-state index is -0.626. The van der Waals surface area contributed by atoms with Crippen LogP contribution in [-0.2, 0) is 9.53 Å². The number of hydrogen-bond acceptors (Lipinski definition) is 3. The van der Waals surface area contributed by atoms with E-state index in [1.54, 1.807) is 11.9 Å². The van der Waals surface area contributed by atoms with E-state index in [1.165, 1.54) is 23.1 Å². The topological polar surface area (TPSA) is 49.9 Å². The molecule has 1 saturated heterocycles. The van der Waals surface area contributed by atoms with Crippen LogP contribution in [0.4, 0.5) is 14.9 Å². The number of amides is 2. The average molecular weight is 397 g/mol. The fourth-order valence-corrected chi connectivity index (χ4v) is 4.32. The molecule has 1 aliphatic heterocycles. The molecule has 0 bridgehead atoms. The van der Waals surface area contributed by atoms with Crippen molar-refractivity contribution < 1.29 is 18.7 Å². The van der Waals surface area contributed by atoms with Gasteiger partial charge in [0.25, 0.3) is 0 Å². The van der Waals surface area contributed by atoms with Crippen LogP contribution >= 0.6 is 11.6 Å². The van der Waals surface area contributed by atoms with Gasteiger partial charge in [-0.2, -0.15) is 0 Å². The molecule has 27 heavy (non-hydrogen) atoms. The van der Waals surface area contributed by atoms with Crippen molar-refractivity contribution in [3.05, 3.63) is 29.0 Å². The molecular formula is C20H26ClFN2O3. The lowest BCUT2D eigenvalue weighted by Gasteiger charge is -2.32. The fraction of sp³-hybridized carbons (Fsp3) is 0.600. The molecule has 0 N–H and O–H groups in total. The van der Waals surface area contributed by atoms with Gasteiger partial charge in [0.1, 0.15) is 17.5 Å². The summed E-state index contributed by atoms with van der Waals surface area (Å²) in [7, 11) is 1.63. The number of carbonyl (C=O) groups is 2. The highest BCUT2D eigenvalue weighted by atomic mass is 35.5. The number of benzene rings is 1. The highest BCUT2D eigenvalue weighted by Crippen LogP contribution is 2.43. The summed E-state index contributed by atoms with van der Waals surface area (Å²) in [6.45, 7) is 5.97. The van der Waals surface area contributed by atoms with Crippen molar-refractivity contribution in [2.45, 2.75) is 51.7 Å². The van der Waals surface area contributed by atoms with Gasteiger partial charge in [-0.3, -0.25) is 9.69 Å². The Hall–Kier alpha value is -1.82. The zero-order chi connectivity index (χ0) is 19.9. The molecule has 1 aromatic carbocycles. The Morgan fingerprint density at radius 1 is 1.30 bits per heavy atom. The molecule has 1 heterocycles. The van der Waals surface area contributed by atoms with Gasteiger partial charge in [-0.1, -0.05) is 18.0 Å². The number of nitrogens with zero attached hydrogens (tertiary/aromatic N) is 2. The molecule has 0 spiro atoms. The Labute approximate surface area is 164 Å². The van der Waals surface area contributed by atoms with Crippen molar-refractivity contribution in [3.8, 4) is 0 Å². The maximum atomic E-state index is 13.5. The first-order valence-corrected chi connectivity index (χ1v) is 9.68. The maximum Gasteiger partial charge on any atom is 0.410 e. The van der Waals surface area contributed by atoms with E-state index in [9.17, 15) is 14.0 Å². The van der Waals surface area contributed by atoms with Gasteiger partial charge >= 0.3 is 6.09 Å². The smallest absolute Gasteiger partial charge is 0.410 e. The van der Waals surface area contributed by atoms with Gasteiger partial charge in [0.2, 0.25) is 5.91 Å². The summed E-state index contributed by atoms with van der Waals surface area (Å²) in [5, 5.41) is -0.0405. The quantitative estimate of drug-likeness (QED) is 0.740. The van der Waals surface area contributed by atoms with E-state index in [2.05, 4.69) is 0 Å². The van der Waals surface area contributed by atoms with Crippen molar-refractivity contribution in [2.24, 2.45) is 11.8 Å². The van der Waals surface area contributed by atoms with Crippen LogP contribution < -0.4 is 4.90 Å². The molecule has 148 valence electrons. The number of halogens is 2. The highest BCUT2D eigenvalue weighted by Gasteiger charge is 2.51. The predicted molar refractivity (Wildman–Crippen MR) is 102 cm³/mol. The van der Waals surface area contributed by atoms with E-state index in [1.807, 2.05) is 20.8 Å². The van der Waals surface area contributed by atoms with Gasteiger partial charge in [0.05, 0.1) is 5.02 Å². The van der Waals surface area contributed by atoms with Crippen molar-refractivity contribution >= 4 is 29.3 Å². The number of anilines is 1. The zero-order valence-corrected chi connectivity index (χ0v) is 16.9. The van der Waals surface area contributed by atoms with E-state index < -0.39 is 23.6 Å². The first-order valence-electron chi connectivity index (χ1n) is 9.31. The van der Waals surface area contributed by atoms with Gasteiger partial charge in [0.15, 0.2) is 0 Å². The summed E-state index contributed by atoms with van der Waals surface area (Å²) in [6.07, 6.45) is 2.53. The molecule has 1 saturated carbocycles. The third kappa shape index (κ3) is 4.05. The number of carbonyl (C=O) groups excluding carboxylic acids is 2. The summed E-state index contributed by atoms with van der Waals surface area (Å²) in [5.41, 5.74) is -0.129. The Morgan fingerprint density at radius 2 is 2.00 bits per heavy atom. The average Bonchev–Trinajstić information content (AvgIpc) is 3.15. The summed E-state index contributed by atoms with van der Waals surface area (Å²) in [4.78, 5) is 29.1. The fourth-order valence-electron chi connectivity index (χ4n) is 4.15. The molecule has 2 amide bonds. The predicted octanol–water partition coefficient (Wildman–Crippen LogP) is 4.48. The molecule has 2 aliphatic rings. The number of fused-ring (bicyclic) bond motifs is 1. The lowest BCUT2D eigenvalue weighted by Crippen LogP contribution is -2.50. The van der Waals surface area contributed by atoms with Crippen LogP contribution in [0.2, 0.25) is 5.02 Å². The second-order valence-corrected chi connectivity index (χ2v) is 8.84. The molecule has 0 aromatic heterocycles. The number of rotatable bonds is 2. The summed E-state index contributed by atoms with van der Waals surface area (Å²) < 4.78 is 19.0. The van der Waals surface area contributed by atoms with Gasteiger partial charge in [-0.25, -0.2) is 9.18 Å². The van der Waals surface area contributed by atoms with E-state index >= 15 is 0 Å². The van der Waals surface area contributed by atoms with Crippen LogP contribution in [0.3, 0.4) is 0 Å². The maximum absolute atomic E-state index is 13.5. The summed E-state index contributed by atoms with van der Waals surface area (Å²) in [6, 6.07) is 3.60. The number of hydrogen-bond donors (Lipinski definition) is 0. The summed E-state index contributed by atoms with van der Waals surface area (Å²) in [5.74, 6) is -0.286. The normalized spacial score (nSPS) is 24.7. The minimum Gasteiger partial charge on any atom is -0.444 e. The van der Waals surface area contributed by atoms with Crippen LogP contribution in [0.5, 0.6) is 0 Å². The van der Waals surface area contributed by atoms with Crippen molar-refractivity contribution in [2.75, 3.05) is 18.5 Å². The molecule has 3 unspecified atom stereocenters. The molecule has 3 rings (SSSR count). The second kappa shape index (κ2) is 7.30. The van der Waals surface area contributed by atoms with Gasteiger partial charge in [-0.05, 0) is 63.6 Å². The Morgan fingerprint density at radius 3 is 2.63 bits per heavy atom. The molecule has 5 nitrogen and oxygen atoms in total. The Bertz CT molecular complexity index is 749. The Balaban J connectivity index is 1.86.